The maximum Gasteiger partial charge on any atom is 0.146 e. The fourth-order valence-electron chi connectivity index (χ4n) is 1.13. The van der Waals surface area contributed by atoms with Gasteiger partial charge in [0.15, 0.2) is 0 Å². The Hall–Kier alpha value is -1.12. The fourth-order valence-corrected chi connectivity index (χ4v) is 1.13. The summed E-state index contributed by atoms with van der Waals surface area (Å²) in [5.74, 6) is 0. The number of halogens is 2. The van der Waals surface area contributed by atoms with Crippen molar-refractivity contribution in [2.24, 2.45) is 0 Å². The van der Waals surface area contributed by atoms with Gasteiger partial charge in [-0.2, -0.15) is 0 Å². The minimum absolute atomic E-state index is 0.0977. The molecule has 0 aliphatic carbocycles. The van der Waals surface area contributed by atoms with Crippen LogP contribution in [0.1, 0.15) is 0 Å². The highest BCUT2D eigenvalue weighted by Crippen LogP contribution is 2.11. The van der Waals surface area contributed by atoms with E-state index in [1.165, 1.54) is 0 Å². The number of anilines is 1. The minimum Gasteiger partial charge on any atom is -0.372 e. The Kier molecular flexibility index (Phi) is 3.68. The quantitative estimate of drug-likeness (QED) is 0.696. The van der Waals surface area contributed by atoms with Gasteiger partial charge in [-0.1, -0.05) is 18.2 Å². The van der Waals surface area contributed by atoms with Crippen molar-refractivity contribution in [2.75, 3.05) is 25.2 Å². The first-order valence-corrected chi connectivity index (χ1v) is 4.20. The van der Waals surface area contributed by atoms with Crippen molar-refractivity contribution in [1.82, 2.24) is 0 Å². The van der Waals surface area contributed by atoms with Crippen molar-refractivity contribution < 1.29 is 8.78 Å². The third-order valence-corrected chi connectivity index (χ3v) is 1.84. The molecule has 1 rings (SSSR count). The molecule has 0 aliphatic heterocycles. The smallest absolute Gasteiger partial charge is 0.146 e. The summed E-state index contributed by atoms with van der Waals surface area (Å²) < 4.78 is 24.5. The number of para-hydroxylation sites is 1. The molecular formula is C10H13F2N. The maximum absolute atomic E-state index is 12.7. The summed E-state index contributed by atoms with van der Waals surface area (Å²) in [7, 11) is 1.75. The summed E-state index contributed by atoms with van der Waals surface area (Å²) in [5, 5.41) is 0. The molecule has 0 N–H and O–H groups in total. The molecule has 0 bridgehead atoms. The molecule has 1 aromatic rings. The van der Waals surface area contributed by atoms with Crippen LogP contribution in [0.15, 0.2) is 30.3 Å². The van der Waals surface area contributed by atoms with Crippen LogP contribution in [0.25, 0.3) is 0 Å². The second-order valence-electron chi connectivity index (χ2n) is 2.97. The van der Waals surface area contributed by atoms with E-state index in [4.69, 9.17) is 0 Å². The number of nitrogens with zero attached hydrogens (tertiary/aromatic N) is 1. The van der Waals surface area contributed by atoms with E-state index in [0.717, 1.165) is 5.69 Å². The van der Waals surface area contributed by atoms with Gasteiger partial charge >= 0.3 is 0 Å². The SMILES string of the molecule is CN(CC(F)CF)c1ccccc1. The van der Waals surface area contributed by atoms with E-state index in [9.17, 15) is 8.78 Å². The van der Waals surface area contributed by atoms with Crippen molar-refractivity contribution >= 4 is 5.69 Å². The Bertz CT molecular complexity index is 238. The van der Waals surface area contributed by atoms with E-state index in [-0.39, 0.29) is 6.54 Å². The Balaban J connectivity index is 2.53. The Labute approximate surface area is 77.0 Å². The van der Waals surface area contributed by atoms with Gasteiger partial charge < -0.3 is 4.90 Å². The monoisotopic (exact) mass is 185 g/mol. The normalized spacial score (nSPS) is 12.5. The standard InChI is InChI=1S/C10H13F2N/c1-13(8-9(12)7-11)10-5-3-2-4-6-10/h2-6,9H,7-8H2,1H3. The highest BCUT2D eigenvalue weighted by Gasteiger charge is 2.09. The van der Waals surface area contributed by atoms with Gasteiger partial charge in [0, 0.05) is 12.7 Å². The van der Waals surface area contributed by atoms with Gasteiger partial charge in [-0.15, -0.1) is 0 Å². The molecule has 0 amide bonds. The number of hydrogen-bond donors (Lipinski definition) is 0. The molecule has 72 valence electrons. The summed E-state index contributed by atoms with van der Waals surface area (Å²) in [6.45, 7) is -0.822. The highest BCUT2D eigenvalue weighted by molar-refractivity contribution is 5.45. The summed E-state index contributed by atoms with van der Waals surface area (Å²) in [5.41, 5.74) is 0.901. The number of rotatable bonds is 4. The second kappa shape index (κ2) is 4.80. The molecule has 1 nitrogen and oxygen atoms in total. The minimum atomic E-state index is -1.40. The van der Waals surface area contributed by atoms with E-state index >= 15 is 0 Å². The first-order chi connectivity index (χ1) is 6.24. The Morgan fingerprint density at radius 2 is 1.92 bits per heavy atom. The topological polar surface area (TPSA) is 3.24 Å². The van der Waals surface area contributed by atoms with Crippen LogP contribution < -0.4 is 4.90 Å². The summed E-state index contributed by atoms with van der Waals surface area (Å²) in [6.07, 6.45) is -1.40. The molecule has 0 saturated carbocycles. The molecular weight excluding hydrogens is 172 g/mol. The molecule has 0 radical (unpaired) electrons. The molecule has 13 heavy (non-hydrogen) atoms. The number of benzene rings is 1. The maximum atomic E-state index is 12.7. The average Bonchev–Trinajstić information content (AvgIpc) is 2.19. The largest absolute Gasteiger partial charge is 0.372 e. The van der Waals surface area contributed by atoms with E-state index in [2.05, 4.69) is 0 Å². The molecule has 0 fully saturated rings. The lowest BCUT2D eigenvalue weighted by molar-refractivity contribution is 0.265. The lowest BCUT2D eigenvalue weighted by atomic mass is 10.3. The molecule has 1 aromatic carbocycles. The van der Waals surface area contributed by atoms with Crippen LogP contribution in [0.5, 0.6) is 0 Å². The Morgan fingerprint density at radius 3 is 2.46 bits per heavy atom. The van der Waals surface area contributed by atoms with Crippen LogP contribution >= 0.6 is 0 Å². The lowest BCUT2D eigenvalue weighted by Crippen LogP contribution is -2.27. The van der Waals surface area contributed by atoms with Crippen LogP contribution in [0.2, 0.25) is 0 Å². The van der Waals surface area contributed by atoms with Crippen molar-refractivity contribution in [3.63, 3.8) is 0 Å². The first kappa shape index (κ1) is 9.96. The third kappa shape index (κ3) is 3.01. The van der Waals surface area contributed by atoms with Crippen molar-refractivity contribution in [2.45, 2.75) is 6.17 Å². The highest BCUT2D eigenvalue weighted by atomic mass is 19.2. The van der Waals surface area contributed by atoms with Crippen LogP contribution in [0.3, 0.4) is 0 Å². The van der Waals surface area contributed by atoms with Crippen molar-refractivity contribution in [3.8, 4) is 0 Å². The molecule has 3 heteroatoms. The van der Waals surface area contributed by atoms with E-state index in [0.29, 0.717) is 0 Å². The van der Waals surface area contributed by atoms with Crippen LogP contribution in [0.4, 0.5) is 14.5 Å². The van der Waals surface area contributed by atoms with Crippen LogP contribution in [-0.4, -0.2) is 26.4 Å². The van der Waals surface area contributed by atoms with E-state index in [1.54, 1.807) is 11.9 Å². The fraction of sp³-hybridized carbons (Fsp3) is 0.400. The van der Waals surface area contributed by atoms with Gasteiger partial charge in [0.05, 0.1) is 6.54 Å². The molecule has 0 aromatic heterocycles. The zero-order valence-corrected chi connectivity index (χ0v) is 7.58. The molecule has 1 unspecified atom stereocenters. The summed E-state index contributed by atoms with van der Waals surface area (Å²) in [6, 6.07) is 9.36. The van der Waals surface area contributed by atoms with Crippen molar-refractivity contribution in [1.29, 1.82) is 0 Å². The number of alkyl halides is 2. The van der Waals surface area contributed by atoms with Crippen LogP contribution in [-0.2, 0) is 0 Å². The van der Waals surface area contributed by atoms with Gasteiger partial charge in [0.2, 0.25) is 0 Å². The molecule has 1 atom stereocenters. The Morgan fingerprint density at radius 1 is 1.31 bits per heavy atom. The van der Waals surface area contributed by atoms with Crippen molar-refractivity contribution in [3.05, 3.63) is 30.3 Å². The first-order valence-electron chi connectivity index (χ1n) is 4.20. The third-order valence-electron chi connectivity index (χ3n) is 1.84. The number of hydrogen-bond acceptors (Lipinski definition) is 1. The van der Waals surface area contributed by atoms with Gasteiger partial charge in [-0.3, -0.25) is 0 Å². The zero-order chi connectivity index (χ0) is 9.68. The van der Waals surface area contributed by atoms with Gasteiger partial charge in [-0.25, -0.2) is 8.78 Å². The molecule has 0 heterocycles. The van der Waals surface area contributed by atoms with Gasteiger partial charge in [0.25, 0.3) is 0 Å². The van der Waals surface area contributed by atoms with Crippen LogP contribution in [0, 0.1) is 0 Å². The molecule has 0 aliphatic rings. The van der Waals surface area contributed by atoms with E-state index < -0.39 is 12.8 Å². The average molecular weight is 185 g/mol. The predicted molar refractivity (Wildman–Crippen MR) is 50.6 cm³/mol. The molecule has 0 saturated heterocycles. The lowest BCUT2D eigenvalue weighted by Gasteiger charge is -2.19. The van der Waals surface area contributed by atoms with Gasteiger partial charge in [0.1, 0.15) is 12.8 Å². The second-order valence-corrected chi connectivity index (χ2v) is 2.97. The zero-order valence-electron chi connectivity index (χ0n) is 7.58. The van der Waals surface area contributed by atoms with E-state index in [1.807, 2.05) is 30.3 Å². The van der Waals surface area contributed by atoms with Gasteiger partial charge in [-0.05, 0) is 12.1 Å². The molecule has 0 spiro atoms. The summed E-state index contributed by atoms with van der Waals surface area (Å²) >= 11 is 0. The predicted octanol–water partition coefficient (Wildman–Crippen LogP) is 2.43. The summed E-state index contributed by atoms with van der Waals surface area (Å²) in [4.78, 5) is 1.70.